The minimum atomic E-state index is -1.40. The Hall–Kier alpha value is -6.79. The summed E-state index contributed by atoms with van der Waals surface area (Å²) in [6.45, 7) is 1.42. The Morgan fingerprint density at radius 3 is 2.26 bits per heavy atom. The first kappa shape index (κ1) is 37.1. The molecule has 18 heteroatoms. The number of aliphatic hydroxyl groups is 2. The van der Waals surface area contributed by atoms with Crippen LogP contribution in [0.1, 0.15) is 47.5 Å². The zero-order valence-electron chi connectivity index (χ0n) is 30.5. The molecule has 1 saturated heterocycles. The molecule has 0 radical (unpaired) electrons. The minimum Gasteiger partial charge on any atom is -0.508 e. The number of aromatic nitrogens is 6. The molecule has 2 aliphatic rings. The first-order valence-electron chi connectivity index (χ1n) is 18.5. The predicted octanol–water partition coefficient (Wildman–Crippen LogP) is 2.37. The van der Waals surface area contributed by atoms with Gasteiger partial charge in [-0.05, 0) is 65.9 Å². The lowest BCUT2D eigenvalue weighted by Crippen LogP contribution is -2.43. The van der Waals surface area contributed by atoms with Crippen LogP contribution < -0.4 is 26.5 Å². The SMILES string of the molecule is O=C(NCc1cccc(O)c1)N[C@@H]1CCN(c2nc(NCC(c3ccc(O)cc3)c3ccc(O)cc3)c3ncn([C@@H]4C[C@H](n5c(O)c[nH]c5=O)[C@@H](O)[C@H]4O)c3n2)C1. The molecule has 18 nitrogen and oxygen atoms in total. The number of hydrogen-bond donors (Lipinski definition) is 10. The number of H-pyrrole nitrogens is 1. The molecule has 2 amide bonds. The van der Waals surface area contributed by atoms with Gasteiger partial charge in [-0.15, -0.1) is 0 Å². The second-order valence-corrected chi connectivity index (χ2v) is 14.4. The number of phenols is 3. The van der Waals surface area contributed by atoms with E-state index in [1.807, 2.05) is 29.2 Å². The fourth-order valence-electron chi connectivity index (χ4n) is 7.81. The summed E-state index contributed by atoms with van der Waals surface area (Å²) >= 11 is 0. The van der Waals surface area contributed by atoms with Gasteiger partial charge in [-0.2, -0.15) is 9.97 Å². The second-order valence-electron chi connectivity index (χ2n) is 14.4. The van der Waals surface area contributed by atoms with Crippen molar-refractivity contribution in [2.24, 2.45) is 0 Å². The van der Waals surface area contributed by atoms with Gasteiger partial charge in [-0.25, -0.2) is 14.6 Å². The highest BCUT2D eigenvalue weighted by molar-refractivity contribution is 5.84. The zero-order valence-corrected chi connectivity index (χ0v) is 30.5. The Morgan fingerprint density at radius 1 is 0.895 bits per heavy atom. The number of anilines is 2. The van der Waals surface area contributed by atoms with E-state index in [9.17, 15) is 40.2 Å². The molecule has 1 aliphatic heterocycles. The van der Waals surface area contributed by atoms with Crippen molar-refractivity contribution in [3.05, 3.63) is 112 Å². The van der Waals surface area contributed by atoms with E-state index in [-0.39, 0.29) is 54.1 Å². The topological polar surface area (TPSA) is 259 Å². The van der Waals surface area contributed by atoms with Crippen molar-refractivity contribution in [3.8, 4) is 23.1 Å². The molecule has 6 aromatic rings. The van der Waals surface area contributed by atoms with Gasteiger partial charge in [-0.1, -0.05) is 36.4 Å². The number of urea groups is 1. The average Bonchev–Trinajstić information content (AvgIpc) is 3.99. The van der Waals surface area contributed by atoms with Crippen molar-refractivity contribution in [1.82, 2.24) is 39.7 Å². The van der Waals surface area contributed by atoms with Crippen LogP contribution in [0.5, 0.6) is 23.1 Å². The molecule has 8 rings (SSSR count). The number of fused-ring (bicyclic) bond motifs is 1. The van der Waals surface area contributed by atoms with Gasteiger partial charge >= 0.3 is 11.7 Å². The summed E-state index contributed by atoms with van der Waals surface area (Å²) in [5, 5.41) is 71.8. The molecule has 0 bridgehead atoms. The van der Waals surface area contributed by atoms with Gasteiger partial charge in [0.15, 0.2) is 17.0 Å². The van der Waals surface area contributed by atoms with Crippen LogP contribution in [-0.2, 0) is 6.54 Å². The predicted molar refractivity (Wildman–Crippen MR) is 207 cm³/mol. The highest BCUT2D eigenvalue weighted by Gasteiger charge is 2.45. The highest BCUT2D eigenvalue weighted by atomic mass is 16.3. The molecular weight excluding hydrogens is 736 g/mol. The molecule has 57 heavy (non-hydrogen) atoms. The number of imidazole rings is 2. The summed E-state index contributed by atoms with van der Waals surface area (Å²) in [4.78, 5) is 44.2. The molecule has 0 spiro atoms. The van der Waals surface area contributed by atoms with Crippen LogP contribution in [0.3, 0.4) is 0 Å². The number of rotatable bonds is 11. The standard InChI is InChI=1S/C39H42N10O8/c50-25-8-4-22(5-9-25)28(23-6-10-26(51)11-7-23)17-40-35-32-36(48(20-43-32)29-15-30(34(55)33(29)54)49-31(53)18-42-39(49)57)46-37(45-35)47-13-12-24(19-47)44-38(56)41-16-21-2-1-3-27(52)14-21/h1-11,14,18,20,24,28-30,33-34,50-55H,12-13,15-17,19H2,(H,42,57)(H,40,45,46)(H2,41,44,56)/t24-,29-,30+,33+,34-/m1/s1. The Kier molecular flexibility index (Phi) is 10.0. The molecule has 5 atom stereocenters. The fraction of sp³-hybridized carbons (Fsp3) is 0.308. The van der Waals surface area contributed by atoms with Gasteiger partial charge in [0.2, 0.25) is 11.8 Å². The third kappa shape index (κ3) is 7.59. The van der Waals surface area contributed by atoms with E-state index in [1.54, 1.807) is 53.1 Å². The molecule has 3 aromatic carbocycles. The minimum absolute atomic E-state index is 0.0679. The molecule has 4 heterocycles. The molecule has 10 N–H and O–H groups in total. The van der Waals surface area contributed by atoms with Crippen molar-refractivity contribution in [3.63, 3.8) is 0 Å². The van der Waals surface area contributed by atoms with E-state index in [0.717, 1.165) is 27.5 Å². The summed E-state index contributed by atoms with van der Waals surface area (Å²) in [7, 11) is 0. The number of carbonyl (C=O) groups excluding carboxylic acids is 1. The number of benzene rings is 3. The maximum absolute atomic E-state index is 12.9. The quantitative estimate of drug-likeness (QED) is 0.0908. The lowest BCUT2D eigenvalue weighted by atomic mass is 9.91. The van der Waals surface area contributed by atoms with Gasteiger partial charge in [0, 0.05) is 38.1 Å². The Balaban J connectivity index is 1.09. The van der Waals surface area contributed by atoms with E-state index >= 15 is 0 Å². The van der Waals surface area contributed by atoms with E-state index in [0.29, 0.717) is 49.0 Å². The Morgan fingerprint density at radius 2 is 1.60 bits per heavy atom. The lowest BCUT2D eigenvalue weighted by Gasteiger charge is -2.22. The third-order valence-corrected chi connectivity index (χ3v) is 10.7. The summed E-state index contributed by atoms with van der Waals surface area (Å²) in [6.07, 6.45) is 0.537. The highest BCUT2D eigenvalue weighted by Crippen LogP contribution is 2.41. The van der Waals surface area contributed by atoms with Gasteiger partial charge in [0.25, 0.3) is 0 Å². The fourth-order valence-corrected chi connectivity index (χ4v) is 7.81. The molecule has 0 unspecified atom stereocenters. The Bertz CT molecular complexity index is 2390. The zero-order chi connectivity index (χ0) is 39.8. The van der Waals surface area contributed by atoms with Crippen molar-refractivity contribution in [1.29, 1.82) is 0 Å². The number of phenolic OH excluding ortho intramolecular Hbond substituents is 3. The largest absolute Gasteiger partial charge is 0.508 e. The van der Waals surface area contributed by atoms with Crippen LogP contribution in [-0.4, -0.2) is 104 Å². The molecule has 3 aromatic heterocycles. The van der Waals surface area contributed by atoms with Gasteiger partial charge < -0.3 is 61.0 Å². The summed E-state index contributed by atoms with van der Waals surface area (Å²) in [6, 6.07) is 18.0. The number of aliphatic hydroxyl groups excluding tert-OH is 2. The normalized spacial score (nSPS) is 20.7. The number of nitrogens with one attached hydrogen (secondary N) is 4. The first-order chi connectivity index (χ1) is 27.5. The van der Waals surface area contributed by atoms with E-state index in [4.69, 9.17) is 9.97 Å². The van der Waals surface area contributed by atoms with Crippen LogP contribution in [0.15, 0.2) is 90.1 Å². The van der Waals surface area contributed by atoms with Crippen LogP contribution in [0.25, 0.3) is 11.2 Å². The first-order valence-corrected chi connectivity index (χ1v) is 18.5. The van der Waals surface area contributed by atoms with Gasteiger partial charge in [-0.3, -0.25) is 4.57 Å². The van der Waals surface area contributed by atoms with Crippen molar-refractivity contribution < 1.29 is 35.4 Å². The molecule has 1 saturated carbocycles. The van der Waals surface area contributed by atoms with E-state index in [1.165, 1.54) is 6.33 Å². The van der Waals surface area contributed by atoms with Gasteiger partial charge in [0.05, 0.1) is 24.6 Å². The van der Waals surface area contributed by atoms with Crippen molar-refractivity contribution in [2.75, 3.05) is 29.9 Å². The van der Waals surface area contributed by atoms with Crippen LogP contribution in [0.2, 0.25) is 0 Å². The van der Waals surface area contributed by atoms with E-state index in [2.05, 4.69) is 25.9 Å². The van der Waals surface area contributed by atoms with Crippen molar-refractivity contribution >= 4 is 29.0 Å². The maximum atomic E-state index is 12.9. The molecular formula is C39H42N10O8. The summed E-state index contributed by atoms with van der Waals surface area (Å²) < 4.78 is 2.66. The van der Waals surface area contributed by atoms with Crippen LogP contribution in [0, 0.1) is 0 Å². The van der Waals surface area contributed by atoms with Crippen LogP contribution in [0.4, 0.5) is 16.6 Å². The van der Waals surface area contributed by atoms with Crippen molar-refractivity contribution in [2.45, 2.75) is 55.6 Å². The number of aromatic hydroxyl groups is 4. The lowest BCUT2D eigenvalue weighted by molar-refractivity contribution is 0.00763. The summed E-state index contributed by atoms with van der Waals surface area (Å²) in [5.74, 6) is 0.416. The van der Waals surface area contributed by atoms with Crippen LogP contribution >= 0.6 is 0 Å². The Labute approximate surface area is 324 Å². The second kappa shape index (κ2) is 15.4. The van der Waals surface area contributed by atoms with Gasteiger partial charge in [0.1, 0.15) is 29.5 Å². The smallest absolute Gasteiger partial charge is 0.328 e. The third-order valence-electron chi connectivity index (χ3n) is 10.7. The molecule has 1 aliphatic carbocycles. The number of aromatic amines is 1. The van der Waals surface area contributed by atoms with E-state index < -0.39 is 30.0 Å². The monoisotopic (exact) mass is 778 g/mol. The number of nitrogens with zero attached hydrogens (tertiary/aromatic N) is 6. The number of hydrogen-bond acceptors (Lipinski definition) is 13. The number of carbonyl (C=O) groups is 1. The summed E-state index contributed by atoms with van der Waals surface area (Å²) in [5.41, 5.74) is 2.61. The maximum Gasteiger partial charge on any atom is 0.328 e. The average molecular weight is 779 g/mol. The number of amides is 2. The molecule has 2 fully saturated rings. The molecule has 296 valence electrons.